The molecule has 8 aromatic rings. The van der Waals surface area contributed by atoms with Crippen LogP contribution in [0.4, 0.5) is 21.5 Å². The molecule has 0 atom stereocenters. The summed E-state index contributed by atoms with van der Waals surface area (Å²) >= 11 is 0. The van der Waals surface area contributed by atoms with Crippen LogP contribution in [0.3, 0.4) is 0 Å². The van der Waals surface area contributed by atoms with Gasteiger partial charge in [-0.05, 0) is 96.5 Å². The van der Waals surface area contributed by atoms with Crippen LogP contribution in [-0.4, -0.2) is 78.5 Å². The number of pyridine rings is 1. The molecule has 0 unspecified atom stereocenters. The maximum Gasteiger partial charge on any atom is 0.333 e. The highest BCUT2D eigenvalue weighted by atomic mass is 32.2. The van der Waals surface area contributed by atoms with E-state index in [1.807, 2.05) is 108 Å². The molecule has 3 fully saturated rings. The maximum atomic E-state index is 16.3. The van der Waals surface area contributed by atoms with Crippen molar-refractivity contribution in [1.82, 2.24) is 23.7 Å². The van der Waals surface area contributed by atoms with E-state index >= 15 is 4.39 Å². The van der Waals surface area contributed by atoms with Gasteiger partial charge in [0.05, 0.1) is 17.6 Å². The summed E-state index contributed by atoms with van der Waals surface area (Å²) in [5.74, 6) is -1.30. The third kappa shape index (κ3) is 9.66. The first-order valence-electron chi connectivity index (χ1n) is 24.0. The Morgan fingerprint density at radius 1 is 0.753 bits per heavy atom. The van der Waals surface area contributed by atoms with Crippen molar-refractivity contribution < 1.29 is 36.6 Å². The number of nitrogens with one attached hydrogen (secondary N) is 2. The number of nitrogens with zero attached hydrogens (tertiary/aromatic N) is 6. The number of carbonyl (C=O) groups excluding carboxylic acids is 2. The van der Waals surface area contributed by atoms with Crippen molar-refractivity contribution in [3.8, 4) is 23.2 Å². The summed E-state index contributed by atoms with van der Waals surface area (Å²) in [7, 11) is -2.58. The van der Waals surface area contributed by atoms with Crippen LogP contribution in [0.5, 0.6) is 17.5 Å². The monoisotopic (exact) mass is 1000 g/mol. The minimum Gasteiger partial charge on any atom is -0.487 e. The Morgan fingerprint density at radius 3 is 2.04 bits per heavy atom. The maximum absolute atomic E-state index is 16.3. The van der Waals surface area contributed by atoms with E-state index in [2.05, 4.69) is 27.2 Å². The summed E-state index contributed by atoms with van der Waals surface area (Å²) in [6, 6.07) is 44.6. The smallest absolute Gasteiger partial charge is 0.333 e. The predicted molar refractivity (Wildman–Crippen MR) is 276 cm³/mol. The number of likely N-dealkylation sites (tertiary alicyclic amines) is 1. The van der Waals surface area contributed by atoms with Gasteiger partial charge >= 0.3 is 15.9 Å². The van der Waals surface area contributed by atoms with Crippen molar-refractivity contribution in [3.63, 3.8) is 0 Å². The number of carbonyl (C=O) groups is 2. The van der Waals surface area contributed by atoms with Crippen molar-refractivity contribution in [2.75, 3.05) is 53.8 Å². The standard InChI is InChI=1S/C55H51FN8O8S/c1-60-46-29-42(18-20-44(46)64(54(60)67)45-21-22-50(71-33-38-13-7-3-8-14-38)58-53(45)72-34-39-15-9-4-10-16-39)62-35-55(36-62)23-25-61(26-24-55)30-48(65)57-41-17-19-43-40(27-41)28-47(70-32-37-11-5-2-6-12-37)52(51(43)56)63-31-49(66)59-73(63,68)69/h2-22,27-29H,23-26,30-36H2,1H3,(H,57,65)(H,59,66). The van der Waals surface area contributed by atoms with Crippen molar-refractivity contribution in [2.24, 2.45) is 12.5 Å². The molecule has 0 aliphatic carbocycles. The average molecular weight is 1000 g/mol. The summed E-state index contributed by atoms with van der Waals surface area (Å²) in [6.45, 7) is 3.34. The fraction of sp³-hybridized carbons (Fsp3) is 0.236. The number of fused-ring (bicyclic) bond motifs is 2. The second kappa shape index (κ2) is 19.4. The molecule has 2 aromatic heterocycles. The zero-order chi connectivity index (χ0) is 50.3. The molecule has 2 N–H and O–H groups in total. The van der Waals surface area contributed by atoms with Crippen molar-refractivity contribution in [2.45, 2.75) is 32.7 Å². The second-order valence-electron chi connectivity index (χ2n) is 18.8. The Morgan fingerprint density at radius 2 is 1.40 bits per heavy atom. The fourth-order valence-electron chi connectivity index (χ4n) is 9.97. The molecule has 16 nitrogen and oxygen atoms in total. The lowest BCUT2D eigenvalue weighted by atomic mass is 9.71. The van der Waals surface area contributed by atoms with Crippen LogP contribution in [0.15, 0.2) is 150 Å². The summed E-state index contributed by atoms with van der Waals surface area (Å²) in [4.78, 5) is 48.9. The summed E-state index contributed by atoms with van der Waals surface area (Å²) in [6.07, 6.45) is 1.82. The van der Waals surface area contributed by atoms with Crippen molar-refractivity contribution >= 4 is 60.9 Å². The first-order valence-corrected chi connectivity index (χ1v) is 25.4. The lowest BCUT2D eigenvalue weighted by Crippen LogP contribution is -2.60. The highest BCUT2D eigenvalue weighted by molar-refractivity contribution is 7.92. The number of anilines is 3. The molecule has 3 aliphatic heterocycles. The van der Waals surface area contributed by atoms with E-state index in [-0.39, 0.29) is 59.5 Å². The van der Waals surface area contributed by atoms with Crippen molar-refractivity contribution in [3.05, 3.63) is 179 Å². The number of aryl methyl sites for hydroxylation is 1. The van der Waals surface area contributed by atoms with Crippen LogP contribution in [0, 0.1) is 11.2 Å². The van der Waals surface area contributed by atoms with Gasteiger partial charge in [-0.2, -0.15) is 13.4 Å². The Balaban J connectivity index is 0.740. The van der Waals surface area contributed by atoms with E-state index in [0.29, 0.717) is 33.6 Å². The van der Waals surface area contributed by atoms with Gasteiger partial charge in [0.15, 0.2) is 5.82 Å². The lowest BCUT2D eigenvalue weighted by molar-refractivity contribution is -0.118. The predicted octanol–water partition coefficient (Wildman–Crippen LogP) is 7.48. The van der Waals surface area contributed by atoms with E-state index in [4.69, 9.17) is 19.2 Å². The lowest BCUT2D eigenvalue weighted by Gasteiger charge is -2.55. The SMILES string of the molecule is Cn1c(=O)n(-c2ccc(OCc3ccccc3)nc2OCc2ccccc2)c2ccc(N3CC4(CCN(CC(=O)Nc5ccc6c(F)c(N7CC(=O)NS7(=O)=O)c(OCc7ccccc7)cc6c5)CC4)C3)cc21. The fourth-order valence-corrected chi connectivity index (χ4v) is 11.1. The number of amides is 2. The number of aromatic nitrogens is 3. The zero-order valence-electron chi connectivity index (χ0n) is 39.9. The molecule has 73 heavy (non-hydrogen) atoms. The number of benzene rings is 6. The summed E-state index contributed by atoms with van der Waals surface area (Å²) < 4.78 is 66.3. The van der Waals surface area contributed by atoms with Crippen LogP contribution >= 0.6 is 0 Å². The Bertz CT molecular complexity index is 3560. The number of piperidine rings is 1. The van der Waals surface area contributed by atoms with E-state index in [9.17, 15) is 22.8 Å². The number of hydrogen-bond acceptors (Lipinski definition) is 11. The molecular formula is C55H51FN8O8S. The molecule has 18 heteroatoms. The normalized spacial score (nSPS) is 16.1. The second-order valence-corrected chi connectivity index (χ2v) is 20.4. The topological polar surface area (TPSA) is 170 Å². The number of halogens is 1. The molecule has 0 saturated carbocycles. The van der Waals surface area contributed by atoms with Gasteiger partial charge in [-0.15, -0.1) is 0 Å². The van der Waals surface area contributed by atoms with E-state index in [1.165, 1.54) is 12.1 Å². The van der Waals surface area contributed by atoms with Crippen LogP contribution in [0.25, 0.3) is 27.5 Å². The van der Waals surface area contributed by atoms with E-state index in [1.54, 1.807) is 34.4 Å². The Kier molecular flexibility index (Phi) is 12.5. The molecule has 0 bridgehead atoms. The number of rotatable bonds is 15. The molecule has 372 valence electrons. The van der Waals surface area contributed by atoms with Gasteiger partial charge in [0.2, 0.25) is 17.7 Å². The molecule has 5 heterocycles. The van der Waals surface area contributed by atoms with Crippen LogP contribution < -0.4 is 39.1 Å². The van der Waals surface area contributed by atoms with Gasteiger partial charge in [0.25, 0.3) is 5.91 Å². The highest BCUT2D eigenvalue weighted by Gasteiger charge is 2.45. The quantitative estimate of drug-likeness (QED) is 0.105. The van der Waals surface area contributed by atoms with Gasteiger partial charge in [-0.1, -0.05) is 91.0 Å². The first-order chi connectivity index (χ1) is 35.4. The van der Waals surface area contributed by atoms with Gasteiger partial charge in [-0.3, -0.25) is 23.6 Å². The highest BCUT2D eigenvalue weighted by Crippen LogP contribution is 2.44. The minimum absolute atomic E-state index is 0.0157. The average Bonchev–Trinajstić information content (AvgIpc) is 3.81. The Labute approximate surface area is 420 Å². The third-order valence-corrected chi connectivity index (χ3v) is 15.2. The van der Waals surface area contributed by atoms with E-state index in [0.717, 1.165) is 72.4 Å². The molecule has 3 saturated heterocycles. The molecule has 1 spiro atoms. The van der Waals surface area contributed by atoms with Crippen molar-refractivity contribution in [1.29, 1.82) is 0 Å². The third-order valence-electron chi connectivity index (χ3n) is 13.9. The van der Waals surface area contributed by atoms with E-state index < -0.39 is 28.5 Å². The molecule has 0 radical (unpaired) electrons. The molecule has 2 amide bonds. The van der Waals surface area contributed by atoms with Gasteiger partial charge in [0, 0.05) is 48.4 Å². The largest absolute Gasteiger partial charge is 0.487 e. The van der Waals surface area contributed by atoms with Gasteiger partial charge in [0.1, 0.15) is 43.5 Å². The van der Waals surface area contributed by atoms with Crippen LogP contribution in [0.2, 0.25) is 0 Å². The zero-order valence-corrected chi connectivity index (χ0v) is 40.7. The molecule has 6 aromatic carbocycles. The van der Waals surface area contributed by atoms with Crippen LogP contribution in [0.1, 0.15) is 29.5 Å². The number of imidazole rings is 1. The molecule has 3 aliphatic rings. The molecule has 11 rings (SSSR count). The van der Waals surface area contributed by atoms with Crippen LogP contribution in [-0.2, 0) is 46.7 Å². The number of ether oxygens (including phenoxy) is 3. The molecular weight excluding hydrogens is 952 g/mol. The summed E-state index contributed by atoms with van der Waals surface area (Å²) in [5.41, 5.74) is 5.68. The number of hydrogen-bond donors (Lipinski definition) is 2. The van der Waals surface area contributed by atoms with Gasteiger partial charge < -0.3 is 24.4 Å². The Hall–Kier alpha value is -8.22. The van der Waals surface area contributed by atoms with Gasteiger partial charge in [-0.25, -0.2) is 18.2 Å². The first kappa shape index (κ1) is 47.1. The minimum atomic E-state index is -4.35. The summed E-state index contributed by atoms with van der Waals surface area (Å²) in [5, 5.41) is 3.42.